The van der Waals surface area contributed by atoms with Crippen molar-refractivity contribution in [1.82, 2.24) is 0 Å². The fourth-order valence-electron chi connectivity index (χ4n) is 1.83. The van der Waals surface area contributed by atoms with Crippen LogP contribution in [0.5, 0.6) is 0 Å². The Kier molecular flexibility index (Phi) is 4.78. The Labute approximate surface area is 96.8 Å². The van der Waals surface area contributed by atoms with Crippen molar-refractivity contribution in [3.63, 3.8) is 0 Å². The van der Waals surface area contributed by atoms with Crippen molar-refractivity contribution in [2.75, 3.05) is 0 Å². The van der Waals surface area contributed by atoms with Gasteiger partial charge in [0.15, 0.2) is 0 Å². The van der Waals surface area contributed by atoms with Gasteiger partial charge in [-0.2, -0.15) is 0 Å². The monoisotopic (exact) mass is 224 g/mol. The second-order valence-corrected chi connectivity index (χ2v) is 4.45. The third-order valence-corrected chi connectivity index (χ3v) is 2.73. The Bertz CT molecular complexity index is 324. The molecule has 0 amide bonds. The van der Waals surface area contributed by atoms with Crippen LogP contribution in [-0.4, -0.2) is 23.3 Å². The zero-order chi connectivity index (χ0) is 12.1. The summed E-state index contributed by atoms with van der Waals surface area (Å²) in [5.74, 6) is -0.298. The van der Waals surface area contributed by atoms with Crippen molar-refractivity contribution in [2.45, 2.75) is 58.7 Å². The SMILES string of the molecule is CCC(C)=C=C(C)C[C@H]1C[C@H](O)CC(=O)O1. The highest BCUT2D eigenvalue weighted by Crippen LogP contribution is 2.20. The van der Waals surface area contributed by atoms with Crippen LogP contribution in [0.4, 0.5) is 0 Å². The van der Waals surface area contributed by atoms with Crippen LogP contribution in [0.15, 0.2) is 16.9 Å². The summed E-state index contributed by atoms with van der Waals surface area (Å²) >= 11 is 0. The lowest BCUT2D eigenvalue weighted by Gasteiger charge is -2.25. The predicted molar refractivity (Wildman–Crippen MR) is 61.9 cm³/mol. The van der Waals surface area contributed by atoms with Gasteiger partial charge in [-0.1, -0.05) is 6.92 Å². The Morgan fingerprint density at radius 2 is 2.19 bits per heavy atom. The number of ether oxygens (including phenoxy) is 1. The summed E-state index contributed by atoms with van der Waals surface area (Å²) in [6.07, 6.45) is 1.58. The molecule has 0 unspecified atom stereocenters. The van der Waals surface area contributed by atoms with Crippen LogP contribution in [0.25, 0.3) is 0 Å². The molecule has 0 saturated carbocycles. The van der Waals surface area contributed by atoms with E-state index >= 15 is 0 Å². The summed E-state index contributed by atoms with van der Waals surface area (Å²) in [5.41, 5.74) is 5.54. The molecule has 3 heteroatoms. The minimum absolute atomic E-state index is 0.128. The topological polar surface area (TPSA) is 46.5 Å². The van der Waals surface area contributed by atoms with Gasteiger partial charge in [-0.15, -0.1) is 5.73 Å². The van der Waals surface area contributed by atoms with Gasteiger partial charge >= 0.3 is 5.97 Å². The molecule has 1 aliphatic heterocycles. The highest BCUT2D eigenvalue weighted by molar-refractivity contribution is 5.71. The van der Waals surface area contributed by atoms with E-state index in [1.807, 2.05) is 13.8 Å². The Hall–Kier alpha value is -1.05. The number of rotatable bonds is 3. The molecule has 0 radical (unpaired) electrons. The van der Waals surface area contributed by atoms with Crippen LogP contribution >= 0.6 is 0 Å². The fraction of sp³-hybridized carbons (Fsp3) is 0.692. The second-order valence-electron chi connectivity index (χ2n) is 4.45. The zero-order valence-electron chi connectivity index (χ0n) is 10.2. The highest BCUT2D eigenvalue weighted by Gasteiger charge is 2.26. The largest absolute Gasteiger partial charge is 0.462 e. The van der Waals surface area contributed by atoms with Crippen molar-refractivity contribution in [1.29, 1.82) is 0 Å². The van der Waals surface area contributed by atoms with E-state index in [0.29, 0.717) is 12.8 Å². The number of cyclic esters (lactones) is 1. The summed E-state index contributed by atoms with van der Waals surface area (Å²) in [6, 6.07) is 0. The van der Waals surface area contributed by atoms with Gasteiger partial charge in [0.1, 0.15) is 6.10 Å². The molecule has 2 atom stereocenters. The van der Waals surface area contributed by atoms with Crippen LogP contribution in [0.3, 0.4) is 0 Å². The van der Waals surface area contributed by atoms with Crippen LogP contribution < -0.4 is 0 Å². The van der Waals surface area contributed by atoms with Gasteiger partial charge in [0, 0.05) is 12.8 Å². The van der Waals surface area contributed by atoms with E-state index in [2.05, 4.69) is 12.7 Å². The number of hydrogen-bond donors (Lipinski definition) is 1. The molecule has 0 spiro atoms. The number of aliphatic hydroxyl groups is 1. The minimum Gasteiger partial charge on any atom is -0.462 e. The first-order valence-electron chi connectivity index (χ1n) is 5.80. The van der Waals surface area contributed by atoms with Crippen LogP contribution in [0.1, 0.15) is 46.5 Å². The molecule has 1 aliphatic rings. The molecule has 0 aromatic carbocycles. The number of carbonyl (C=O) groups is 1. The van der Waals surface area contributed by atoms with Crippen LogP contribution in [0.2, 0.25) is 0 Å². The third kappa shape index (κ3) is 4.21. The second kappa shape index (κ2) is 5.88. The predicted octanol–water partition coefficient (Wildman–Crippen LogP) is 2.34. The lowest BCUT2D eigenvalue weighted by Crippen LogP contribution is -2.32. The van der Waals surface area contributed by atoms with Gasteiger partial charge in [-0.25, -0.2) is 0 Å². The highest BCUT2D eigenvalue weighted by atomic mass is 16.5. The summed E-state index contributed by atoms with van der Waals surface area (Å²) < 4.78 is 5.17. The van der Waals surface area contributed by atoms with E-state index < -0.39 is 6.10 Å². The molecule has 1 fully saturated rings. The summed E-state index contributed by atoms with van der Waals surface area (Å²) in [7, 11) is 0. The average Bonchev–Trinajstić information content (AvgIpc) is 2.15. The third-order valence-electron chi connectivity index (χ3n) is 2.73. The van der Waals surface area contributed by atoms with Gasteiger partial charge < -0.3 is 9.84 Å². The van der Waals surface area contributed by atoms with E-state index in [1.165, 1.54) is 5.57 Å². The molecule has 3 nitrogen and oxygen atoms in total. The molecular formula is C13H20O3. The number of aliphatic hydroxyl groups excluding tert-OH is 1. The number of hydrogen-bond acceptors (Lipinski definition) is 3. The van der Waals surface area contributed by atoms with Crippen molar-refractivity contribution in [3.05, 3.63) is 16.9 Å². The van der Waals surface area contributed by atoms with Gasteiger partial charge in [0.05, 0.1) is 12.5 Å². The van der Waals surface area contributed by atoms with Gasteiger partial charge in [0.2, 0.25) is 0 Å². The van der Waals surface area contributed by atoms with Crippen molar-refractivity contribution in [3.8, 4) is 0 Å². The summed E-state index contributed by atoms with van der Waals surface area (Å²) in [5, 5.41) is 9.46. The quantitative estimate of drug-likeness (QED) is 0.591. The van der Waals surface area contributed by atoms with Gasteiger partial charge in [-0.05, 0) is 31.4 Å². The maximum atomic E-state index is 11.1. The molecule has 16 heavy (non-hydrogen) atoms. The molecule has 0 aliphatic carbocycles. The van der Waals surface area contributed by atoms with Crippen molar-refractivity contribution < 1.29 is 14.6 Å². The molecule has 1 N–H and O–H groups in total. The summed E-state index contributed by atoms with van der Waals surface area (Å²) in [6.45, 7) is 6.10. The fourth-order valence-corrected chi connectivity index (χ4v) is 1.83. The van der Waals surface area contributed by atoms with Crippen molar-refractivity contribution >= 4 is 5.97 Å². The van der Waals surface area contributed by atoms with E-state index in [1.54, 1.807) is 0 Å². The smallest absolute Gasteiger partial charge is 0.308 e. The Morgan fingerprint density at radius 3 is 2.75 bits per heavy atom. The first-order valence-corrected chi connectivity index (χ1v) is 5.80. The molecule has 0 aromatic heterocycles. The Balaban J connectivity index is 2.60. The van der Waals surface area contributed by atoms with E-state index in [9.17, 15) is 9.90 Å². The molecule has 1 rings (SSSR count). The number of carbonyl (C=O) groups excluding carboxylic acids is 1. The first-order chi connectivity index (χ1) is 7.51. The molecule has 1 saturated heterocycles. The average molecular weight is 224 g/mol. The summed E-state index contributed by atoms with van der Waals surface area (Å²) in [4.78, 5) is 11.1. The molecule has 90 valence electrons. The van der Waals surface area contributed by atoms with Gasteiger partial charge in [-0.3, -0.25) is 4.79 Å². The lowest BCUT2D eigenvalue weighted by atomic mass is 10.00. The minimum atomic E-state index is -0.546. The van der Waals surface area contributed by atoms with E-state index in [0.717, 1.165) is 12.0 Å². The lowest BCUT2D eigenvalue weighted by molar-refractivity contribution is -0.159. The number of esters is 1. The normalized spacial score (nSPS) is 24.6. The molecule has 0 aromatic rings. The first kappa shape index (κ1) is 13.0. The van der Waals surface area contributed by atoms with Crippen molar-refractivity contribution in [2.24, 2.45) is 0 Å². The maximum Gasteiger partial charge on any atom is 0.308 e. The van der Waals surface area contributed by atoms with E-state index in [4.69, 9.17) is 4.74 Å². The standard InChI is InChI=1S/C13H20O3/c1-4-9(2)5-10(3)6-12-7-11(14)8-13(15)16-12/h11-12,14H,4,6-8H2,1-3H3/t5?,11-,12-/m0/s1. The van der Waals surface area contributed by atoms with Crippen LogP contribution in [0, 0.1) is 0 Å². The molecular weight excluding hydrogens is 204 g/mol. The Morgan fingerprint density at radius 1 is 1.50 bits per heavy atom. The van der Waals surface area contributed by atoms with Gasteiger partial charge in [0.25, 0.3) is 0 Å². The van der Waals surface area contributed by atoms with E-state index in [-0.39, 0.29) is 18.5 Å². The molecule has 1 heterocycles. The molecule has 0 bridgehead atoms. The van der Waals surface area contributed by atoms with Crippen LogP contribution in [-0.2, 0) is 9.53 Å². The maximum absolute atomic E-state index is 11.1. The zero-order valence-corrected chi connectivity index (χ0v) is 10.2.